The van der Waals surface area contributed by atoms with E-state index in [0.717, 1.165) is 10.0 Å². The summed E-state index contributed by atoms with van der Waals surface area (Å²) >= 11 is 3.04. The molecule has 0 fully saturated rings. The lowest BCUT2D eigenvalue weighted by molar-refractivity contribution is -0.120. The zero-order valence-corrected chi connectivity index (χ0v) is 9.20. The fourth-order valence-electron chi connectivity index (χ4n) is 0.744. The highest BCUT2D eigenvalue weighted by Gasteiger charge is 2.04. The number of methoxy groups -OCH3 is 1. The molecule has 0 aliphatic carbocycles. The van der Waals surface area contributed by atoms with E-state index in [9.17, 15) is 4.79 Å². The fourth-order valence-corrected chi connectivity index (χ4v) is 2.43. The molecule has 0 saturated carbocycles. The Morgan fingerprint density at radius 2 is 2.54 bits per heavy atom. The van der Waals surface area contributed by atoms with Crippen LogP contribution in [-0.2, 0) is 9.53 Å². The van der Waals surface area contributed by atoms with Gasteiger partial charge in [0.2, 0.25) is 0 Å². The molecule has 0 aromatic carbocycles. The maximum atomic E-state index is 11.1. The van der Waals surface area contributed by atoms with Crippen molar-refractivity contribution in [2.24, 2.45) is 0 Å². The minimum atomic E-state index is 0.0975. The number of rotatable bonds is 5. The van der Waals surface area contributed by atoms with Gasteiger partial charge in [0.1, 0.15) is 6.61 Å². The monoisotopic (exact) mass is 217 g/mol. The number of hydrogen-bond acceptors (Lipinski definition) is 5. The maximum Gasteiger partial charge on any atom is 0.168 e. The number of carbonyl (C=O) groups is 1. The van der Waals surface area contributed by atoms with E-state index in [4.69, 9.17) is 4.74 Å². The van der Waals surface area contributed by atoms with Gasteiger partial charge in [-0.3, -0.25) is 4.79 Å². The Morgan fingerprint density at radius 3 is 3.08 bits per heavy atom. The number of Topliss-reactive ketones (excluding diaryl/α,β-unsaturated/α-hetero) is 1. The van der Waals surface area contributed by atoms with Gasteiger partial charge in [-0.25, -0.2) is 4.98 Å². The minimum Gasteiger partial charge on any atom is -0.377 e. The van der Waals surface area contributed by atoms with Crippen LogP contribution in [0, 0.1) is 6.92 Å². The van der Waals surface area contributed by atoms with E-state index in [1.807, 2.05) is 12.3 Å². The van der Waals surface area contributed by atoms with Crippen LogP contribution in [0.3, 0.4) is 0 Å². The molecule has 0 atom stereocenters. The first kappa shape index (κ1) is 10.7. The molecule has 3 nitrogen and oxygen atoms in total. The van der Waals surface area contributed by atoms with Crippen LogP contribution >= 0.6 is 23.1 Å². The molecular formula is C8H11NO2S2. The third-order valence-electron chi connectivity index (χ3n) is 1.26. The normalized spacial score (nSPS) is 10.3. The molecule has 1 heterocycles. The van der Waals surface area contributed by atoms with Crippen molar-refractivity contribution < 1.29 is 9.53 Å². The van der Waals surface area contributed by atoms with Gasteiger partial charge in [0.05, 0.1) is 5.75 Å². The quantitative estimate of drug-likeness (QED) is 0.704. The molecule has 13 heavy (non-hydrogen) atoms. The fraction of sp³-hybridized carbons (Fsp3) is 0.500. The minimum absolute atomic E-state index is 0.0975. The number of carbonyl (C=O) groups excluding carboxylic acids is 1. The predicted octanol–water partition coefficient (Wildman–Crippen LogP) is 1.76. The van der Waals surface area contributed by atoms with Crippen LogP contribution < -0.4 is 0 Å². The largest absolute Gasteiger partial charge is 0.377 e. The van der Waals surface area contributed by atoms with Crippen molar-refractivity contribution in [2.45, 2.75) is 11.3 Å². The Bertz CT molecular complexity index is 285. The lowest BCUT2D eigenvalue weighted by atomic mass is 10.5. The molecule has 1 aromatic heterocycles. The van der Waals surface area contributed by atoms with E-state index in [0.29, 0.717) is 5.75 Å². The molecule has 0 aliphatic heterocycles. The van der Waals surface area contributed by atoms with Crippen molar-refractivity contribution >= 4 is 28.9 Å². The zero-order valence-electron chi connectivity index (χ0n) is 7.57. The number of ether oxygens (including phenoxy) is 1. The van der Waals surface area contributed by atoms with Gasteiger partial charge in [0.25, 0.3) is 0 Å². The lowest BCUT2D eigenvalue weighted by Gasteiger charge is -1.96. The van der Waals surface area contributed by atoms with Crippen LogP contribution in [0.1, 0.15) is 5.69 Å². The van der Waals surface area contributed by atoms with Crippen molar-refractivity contribution in [3.05, 3.63) is 11.1 Å². The highest BCUT2D eigenvalue weighted by molar-refractivity contribution is 8.01. The molecule has 0 spiro atoms. The number of thioether (sulfide) groups is 1. The van der Waals surface area contributed by atoms with E-state index in [2.05, 4.69) is 4.98 Å². The van der Waals surface area contributed by atoms with E-state index >= 15 is 0 Å². The average Bonchev–Trinajstić information content (AvgIpc) is 2.49. The highest BCUT2D eigenvalue weighted by Crippen LogP contribution is 2.21. The van der Waals surface area contributed by atoms with Gasteiger partial charge >= 0.3 is 0 Å². The molecule has 0 N–H and O–H groups in total. The summed E-state index contributed by atoms with van der Waals surface area (Å²) in [4.78, 5) is 15.3. The first-order chi connectivity index (χ1) is 6.22. The highest BCUT2D eigenvalue weighted by atomic mass is 32.2. The number of aromatic nitrogens is 1. The van der Waals surface area contributed by atoms with Crippen LogP contribution in [0.4, 0.5) is 0 Å². The zero-order chi connectivity index (χ0) is 9.68. The Hall–Kier alpha value is -0.390. The summed E-state index contributed by atoms with van der Waals surface area (Å²) in [5.74, 6) is 0.543. The summed E-state index contributed by atoms with van der Waals surface area (Å²) < 4.78 is 5.66. The summed E-state index contributed by atoms with van der Waals surface area (Å²) in [6.45, 7) is 2.13. The van der Waals surface area contributed by atoms with Crippen molar-refractivity contribution in [3.63, 3.8) is 0 Å². The first-order valence-corrected chi connectivity index (χ1v) is 5.64. The van der Waals surface area contributed by atoms with Crippen molar-refractivity contribution in [1.82, 2.24) is 4.98 Å². The van der Waals surface area contributed by atoms with E-state index in [1.165, 1.54) is 18.9 Å². The molecular weight excluding hydrogens is 206 g/mol. The second-order valence-corrected chi connectivity index (χ2v) is 4.60. The number of aryl methyl sites for hydroxylation is 1. The lowest BCUT2D eigenvalue weighted by Crippen LogP contribution is -2.08. The van der Waals surface area contributed by atoms with Crippen molar-refractivity contribution in [3.8, 4) is 0 Å². The van der Waals surface area contributed by atoms with Gasteiger partial charge in [-0.2, -0.15) is 0 Å². The van der Waals surface area contributed by atoms with Crippen LogP contribution in [0.15, 0.2) is 9.72 Å². The van der Waals surface area contributed by atoms with Crippen molar-refractivity contribution in [1.29, 1.82) is 0 Å². The molecule has 1 aromatic rings. The molecule has 0 radical (unpaired) electrons. The topological polar surface area (TPSA) is 39.2 Å². The van der Waals surface area contributed by atoms with Gasteiger partial charge in [-0.05, 0) is 6.92 Å². The molecule has 5 heteroatoms. The summed E-state index contributed by atoms with van der Waals surface area (Å²) in [7, 11) is 1.52. The molecule has 72 valence electrons. The summed E-state index contributed by atoms with van der Waals surface area (Å²) in [5, 5.41) is 1.98. The third-order valence-corrected chi connectivity index (χ3v) is 3.46. The van der Waals surface area contributed by atoms with Crippen LogP contribution in [-0.4, -0.2) is 30.2 Å². The molecule has 0 aliphatic rings. The molecule has 1 rings (SSSR count). The maximum absolute atomic E-state index is 11.1. The smallest absolute Gasteiger partial charge is 0.168 e. The van der Waals surface area contributed by atoms with Gasteiger partial charge in [0, 0.05) is 18.2 Å². The number of thiazole rings is 1. The SMILES string of the molecule is COCC(=O)CSc1nc(C)cs1. The van der Waals surface area contributed by atoms with Crippen molar-refractivity contribution in [2.75, 3.05) is 19.5 Å². The number of nitrogens with zero attached hydrogens (tertiary/aromatic N) is 1. The molecule has 0 unspecified atom stereocenters. The molecule has 0 saturated heterocycles. The number of hydrogen-bond donors (Lipinski definition) is 0. The van der Waals surface area contributed by atoms with Crippen LogP contribution in [0.5, 0.6) is 0 Å². The molecule has 0 bridgehead atoms. The van der Waals surface area contributed by atoms with Crippen LogP contribution in [0.25, 0.3) is 0 Å². The van der Waals surface area contributed by atoms with Gasteiger partial charge in [-0.1, -0.05) is 11.8 Å². The van der Waals surface area contributed by atoms with E-state index in [1.54, 1.807) is 11.3 Å². The Labute approximate surface area is 85.5 Å². The Morgan fingerprint density at radius 1 is 1.77 bits per heavy atom. The van der Waals surface area contributed by atoms with Crippen LogP contribution in [0.2, 0.25) is 0 Å². The standard InChI is InChI=1S/C8H11NO2S2/c1-6-4-12-8(9-6)13-5-7(10)3-11-2/h4H,3,5H2,1-2H3. The predicted molar refractivity (Wildman–Crippen MR) is 54.5 cm³/mol. The van der Waals surface area contributed by atoms with Gasteiger partial charge in [0.15, 0.2) is 10.1 Å². The summed E-state index contributed by atoms with van der Waals surface area (Å²) in [6.07, 6.45) is 0. The summed E-state index contributed by atoms with van der Waals surface area (Å²) in [6, 6.07) is 0. The van der Waals surface area contributed by atoms with Gasteiger partial charge < -0.3 is 4.74 Å². The average molecular weight is 217 g/mol. The summed E-state index contributed by atoms with van der Waals surface area (Å²) in [5.41, 5.74) is 1.01. The van der Waals surface area contributed by atoms with E-state index < -0.39 is 0 Å². The first-order valence-electron chi connectivity index (χ1n) is 3.78. The Kier molecular flexibility index (Phi) is 4.41. The number of ketones is 1. The van der Waals surface area contributed by atoms with Gasteiger partial charge in [-0.15, -0.1) is 11.3 Å². The van der Waals surface area contributed by atoms with E-state index in [-0.39, 0.29) is 12.4 Å². The third kappa shape index (κ3) is 3.89. The molecule has 0 amide bonds. The second kappa shape index (κ2) is 5.36. The Balaban J connectivity index is 2.30. The second-order valence-electron chi connectivity index (χ2n) is 2.52.